The highest BCUT2D eigenvalue weighted by Crippen LogP contribution is 2.60. The van der Waals surface area contributed by atoms with Crippen LogP contribution in [0.5, 0.6) is 0 Å². The average molecular weight is 632 g/mol. The number of alkyl carbamates (subject to hydrolysis) is 1. The van der Waals surface area contributed by atoms with Crippen LogP contribution in [0.25, 0.3) is 0 Å². The van der Waals surface area contributed by atoms with Crippen molar-refractivity contribution in [2.45, 2.75) is 90.6 Å². The molecule has 4 aliphatic rings. The van der Waals surface area contributed by atoms with Crippen LogP contribution < -0.4 is 5.32 Å². The van der Waals surface area contributed by atoms with Gasteiger partial charge in [0.25, 0.3) is 0 Å². The Bertz CT molecular complexity index is 1320. The van der Waals surface area contributed by atoms with Gasteiger partial charge in [0.1, 0.15) is 25.9 Å². The first-order valence-corrected chi connectivity index (χ1v) is 17.4. The van der Waals surface area contributed by atoms with Crippen molar-refractivity contribution in [1.29, 1.82) is 0 Å². The molecule has 0 saturated heterocycles. The number of carbonyl (C=O) groups is 3. The summed E-state index contributed by atoms with van der Waals surface area (Å²) < 4.78 is 22.5. The molecule has 6 rings (SSSR count). The van der Waals surface area contributed by atoms with Gasteiger partial charge in [-0.1, -0.05) is 100 Å². The van der Waals surface area contributed by atoms with Crippen molar-refractivity contribution in [3.63, 3.8) is 0 Å². The van der Waals surface area contributed by atoms with Gasteiger partial charge in [-0.2, -0.15) is 0 Å². The molecule has 0 aliphatic heterocycles. The molecule has 10 unspecified atom stereocenters. The quantitative estimate of drug-likeness (QED) is 0.224. The predicted octanol–water partition coefficient (Wildman–Crippen LogP) is 7.69. The number of rotatable bonds is 9. The molecule has 4 saturated carbocycles. The van der Waals surface area contributed by atoms with Crippen molar-refractivity contribution in [1.82, 2.24) is 5.32 Å². The molecule has 1 amide bonds. The van der Waals surface area contributed by atoms with Crippen LogP contribution >= 0.6 is 0 Å². The third-order valence-corrected chi connectivity index (χ3v) is 11.6. The van der Waals surface area contributed by atoms with Crippen molar-refractivity contribution in [3.8, 4) is 0 Å². The van der Waals surface area contributed by atoms with Gasteiger partial charge < -0.3 is 24.3 Å². The fourth-order valence-corrected chi connectivity index (χ4v) is 9.62. The van der Waals surface area contributed by atoms with Crippen molar-refractivity contribution >= 4 is 18.2 Å². The maximum absolute atomic E-state index is 13.2. The minimum absolute atomic E-state index is 0.0211. The van der Waals surface area contributed by atoms with E-state index in [1.165, 1.54) is 44.9 Å². The molecule has 248 valence electrons. The summed E-state index contributed by atoms with van der Waals surface area (Å²) >= 11 is 0. The zero-order chi connectivity index (χ0) is 32.0. The molecule has 46 heavy (non-hydrogen) atoms. The predicted molar refractivity (Wildman–Crippen MR) is 172 cm³/mol. The SMILES string of the molecule is CC1CCC2C1C(OC(=O)OCC(NC(=O)OCc1ccccc1)C(=O)OCc1ccccc1)CC1CC3CCCCC3C(C)C12. The molecular formula is C38H49NO7. The number of hydrogen-bond acceptors (Lipinski definition) is 7. The lowest BCUT2D eigenvalue weighted by Gasteiger charge is -2.55. The monoisotopic (exact) mass is 631 g/mol. The van der Waals surface area contributed by atoms with Crippen molar-refractivity contribution in [3.05, 3.63) is 71.8 Å². The summed E-state index contributed by atoms with van der Waals surface area (Å²) in [6.07, 6.45) is 8.09. The van der Waals surface area contributed by atoms with E-state index in [1.54, 1.807) is 0 Å². The average Bonchev–Trinajstić information content (AvgIpc) is 3.47. The summed E-state index contributed by atoms with van der Waals surface area (Å²) in [6, 6.07) is 17.2. The molecule has 8 heteroatoms. The third-order valence-electron chi connectivity index (χ3n) is 11.6. The van der Waals surface area contributed by atoms with Gasteiger partial charge in [-0.25, -0.2) is 14.4 Å². The largest absolute Gasteiger partial charge is 0.508 e. The lowest BCUT2D eigenvalue weighted by molar-refractivity contribution is -0.149. The van der Waals surface area contributed by atoms with E-state index < -0.39 is 30.9 Å². The highest BCUT2D eigenvalue weighted by Gasteiger charge is 2.56. The molecule has 0 bridgehead atoms. The minimum Gasteiger partial charge on any atom is -0.459 e. The number of amides is 1. The lowest BCUT2D eigenvalue weighted by atomic mass is 9.50. The first kappa shape index (κ1) is 32.4. The van der Waals surface area contributed by atoms with Gasteiger partial charge in [-0.3, -0.25) is 0 Å². The van der Waals surface area contributed by atoms with Gasteiger partial charge in [-0.05, 0) is 78.2 Å². The van der Waals surface area contributed by atoms with E-state index in [2.05, 4.69) is 19.2 Å². The minimum atomic E-state index is -1.25. The smallest absolute Gasteiger partial charge is 0.459 e. The first-order valence-electron chi connectivity index (χ1n) is 17.4. The maximum Gasteiger partial charge on any atom is 0.508 e. The molecule has 0 aromatic heterocycles. The summed E-state index contributed by atoms with van der Waals surface area (Å²) in [5.74, 6) is 4.31. The summed E-state index contributed by atoms with van der Waals surface area (Å²) in [4.78, 5) is 39.0. The Morgan fingerprint density at radius 2 is 1.41 bits per heavy atom. The van der Waals surface area contributed by atoms with Crippen LogP contribution in [-0.2, 0) is 37.0 Å². The first-order chi connectivity index (χ1) is 22.4. The van der Waals surface area contributed by atoms with Gasteiger partial charge in [0, 0.05) is 5.92 Å². The van der Waals surface area contributed by atoms with Crippen LogP contribution in [0.1, 0.15) is 76.3 Å². The Hall–Kier alpha value is -3.55. The van der Waals surface area contributed by atoms with Crippen molar-refractivity contribution in [2.75, 3.05) is 6.61 Å². The van der Waals surface area contributed by atoms with Crippen LogP contribution in [0.4, 0.5) is 9.59 Å². The molecular weight excluding hydrogens is 582 g/mol. The van der Waals surface area contributed by atoms with Crippen LogP contribution in [-0.4, -0.2) is 37.0 Å². The molecule has 2 aromatic carbocycles. The third kappa shape index (κ3) is 7.53. The van der Waals surface area contributed by atoms with E-state index in [0.717, 1.165) is 35.3 Å². The molecule has 0 radical (unpaired) electrons. The normalized spacial score (nSPS) is 32.1. The second-order valence-corrected chi connectivity index (χ2v) is 14.2. The van der Waals surface area contributed by atoms with E-state index in [0.29, 0.717) is 29.6 Å². The van der Waals surface area contributed by atoms with E-state index in [-0.39, 0.29) is 19.3 Å². The fourth-order valence-electron chi connectivity index (χ4n) is 9.62. The van der Waals surface area contributed by atoms with Crippen LogP contribution in [0.3, 0.4) is 0 Å². The Labute approximate surface area is 272 Å². The number of nitrogens with one attached hydrogen (secondary N) is 1. The number of carbonyl (C=O) groups excluding carboxylic acids is 3. The fraction of sp³-hybridized carbons (Fsp3) is 0.605. The molecule has 2 aromatic rings. The van der Waals surface area contributed by atoms with Crippen LogP contribution in [0.15, 0.2) is 60.7 Å². The van der Waals surface area contributed by atoms with Crippen molar-refractivity contribution < 1.29 is 33.3 Å². The van der Waals surface area contributed by atoms with E-state index in [9.17, 15) is 14.4 Å². The number of hydrogen-bond donors (Lipinski definition) is 1. The van der Waals surface area contributed by atoms with Gasteiger partial charge in [0.15, 0.2) is 6.04 Å². The van der Waals surface area contributed by atoms with Gasteiger partial charge in [-0.15, -0.1) is 0 Å². The van der Waals surface area contributed by atoms with Gasteiger partial charge >= 0.3 is 18.2 Å². The Morgan fingerprint density at radius 3 is 2.13 bits per heavy atom. The van der Waals surface area contributed by atoms with Crippen LogP contribution in [0, 0.1) is 47.3 Å². The standard InChI is InChI=1S/C38H49NO7/c1-24-17-18-31-34(24)33(20-29-19-28-15-9-10-16-30(28)25(2)35(29)31)46-38(42)45-23-32(36(40)43-21-26-11-5-3-6-12-26)39-37(41)44-22-27-13-7-4-8-14-27/h3-8,11-14,24-25,28-35H,9-10,15-23H2,1-2H3,(H,39,41). The molecule has 1 N–H and O–H groups in total. The second-order valence-electron chi connectivity index (χ2n) is 14.2. The van der Waals surface area contributed by atoms with E-state index in [1.807, 2.05) is 60.7 Å². The summed E-state index contributed by atoms with van der Waals surface area (Å²) in [5.41, 5.74) is 1.61. The van der Waals surface area contributed by atoms with Gasteiger partial charge in [0.05, 0.1) is 0 Å². The van der Waals surface area contributed by atoms with Crippen LogP contribution in [0.2, 0.25) is 0 Å². The van der Waals surface area contributed by atoms with E-state index in [4.69, 9.17) is 18.9 Å². The zero-order valence-electron chi connectivity index (χ0n) is 27.2. The molecule has 8 nitrogen and oxygen atoms in total. The molecule has 0 heterocycles. The number of benzene rings is 2. The summed E-state index contributed by atoms with van der Waals surface area (Å²) in [6.45, 7) is 4.44. The second kappa shape index (κ2) is 14.9. The summed E-state index contributed by atoms with van der Waals surface area (Å²) in [7, 11) is 0. The maximum atomic E-state index is 13.2. The molecule has 4 aliphatic carbocycles. The van der Waals surface area contributed by atoms with Gasteiger partial charge in [0.2, 0.25) is 0 Å². The van der Waals surface area contributed by atoms with E-state index >= 15 is 0 Å². The Kier molecular flexibility index (Phi) is 10.5. The molecule has 4 fully saturated rings. The van der Waals surface area contributed by atoms with Crippen molar-refractivity contribution in [2.24, 2.45) is 47.3 Å². The Balaban J connectivity index is 1.08. The number of esters is 1. The zero-order valence-corrected chi connectivity index (χ0v) is 27.2. The molecule has 0 spiro atoms. The summed E-state index contributed by atoms with van der Waals surface area (Å²) in [5, 5.41) is 2.53. The highest BCUT2D eigenvalue weighted by molar-refractivity contribution is 5.81. The highest BCUT2D eigenvalue weighted by atomic mass is 16.7. The number of ether oxygens (including phenoxy) is 4. The molecule has 10 atom stereocenters. The topological polar surface area (TPSA) is 100 Å². The Morgan fingerprint density at radius 1 is 0.739 bits per heavy atom. The number of fused-ring (bicyclic) bond motifs is 4. The lowest BCUT2D eigenvalue weighted by Crippen LogP contribution is -2.52.